The first-order valence-electron chi connectivity index (χ1n) is 9.64. The predicted molar refractivity (Wildman–Crippen MR) is 104 cm³/mol. The third kappa shape index (κ3) is 2.76. The minimum absolute atomic E-state index is 0.0911. The van der Waals surface area contributed by atoms with Gasteiger partial charge in [-0.25, -0.2) is 15.0 Å². The fourth-order valence-electron chi connectivity index (χ4n) is 4.27. The van der Waals surface area contributed by atoms with Gasteiger partial charge in [0.15, 0.2) is 0 Å². The van der Waals surface area contributed by atoms with E-state index >= 15 is 0 Å². The minimum Gasteiger partial charge on any atom is -0.481 e. The van der Waals surface area contributed by atoms with Crippen molar-refractivity contribution in [2.75, 3.05) is 12.4 Å². The number of anilines is 1. The third-order valence-corrected chi connectivity index (χ3v) is 5.71. The lowest BCUT2D eigenvalue weighted by Gasteiger charge is -2.22. The number of aromatic nitrogens is 4. The molecule has 2 aliphatic rings. The van der Waals surface area contributed by atoms with Crippen LogP contribution in [0, 0.1) is 0 Å². The maximum Gasteiger partial charge on any atom is 0.256 e. The highest BCUT2D eigenvalue weighted by Crippen LogP contribution is 2.33. The van der Waals surface area contributed by atoms with Gasteiger partial charge in [-0.3, -0.25) is 4.79 Å². The van der Waals surface area contributed by atoms with Gasteiger partial charge in [-0.2, -0.15) is 0 Å². The van der Waals surface area contributed by atoms with Crippen LogP contribution in [0.1, 0.15) is 47.3 Å². The van der Waals surface area contributed by atoms with Crippen LogP contribution in [0.25, 0.3) is 11.0 Å². The van der Waals surface area contributed by atoms with Crippen molar-refractivity contribution in [1.82, 2.24) is 24.8 Å². The summed E-state index contributed by atoms with van der Waals surface area (Å²) in [6.07, 6.45) is 7.92. The number of carbonyl (C=O) groups is 1. The Morgan fingerprint density at radius 2 is 2.18 bits per heavy atom. The molecule has 3 aromatic heterocycles. The summed E-state index contributed by atoms with van der Waals surface area (Å²) in [7, 11) is 1.61. The van der Waals surface area contributed by atoms with Gasteiger partial charge in [0.05, 0.1) is 30.3 Å². The summed E-state index contributed by atoms with van der Waals surface area (Å²) < 4.78 is 5.51. The number of pyridine rings is 1. The largest absolute Gasteiger partial charge is 0.481 e. The van der Waals surface area contributed by atoms with E-state index in [2.05, 4.69) is 25.3 Å². The number of amides is 1. The Hall–Kier alpha value is -3.16. The number of fused-ring (bicyclic) bond motifs is 2. The fraction of sp³-hybridized carbons (Fsp3) is 0.400. The Bertz CT molecular complexity index is 1040. The standard InChI is InChI=1S/C20H22N6O2/c1-28-19-12(9-22-18-14-6-7-21-17(14)23-11-24-18)8-15-16(25-19)10-26(20(15)27)13-4-2-3-5-13/h6-8,11,13H,2-5,9-10H2,1H3,(H2,21,22,23,24). The molecule has 0 aromatic carbocycles. The highest BCUT2D eigenvalue weighted by atomic mass is 16.5. The molecule has 2 N–H and O–H groups in total. The minimum atomic E-state index is 0.0911. The van der Waals surface area contributed by atoms with Gasteiger partial charge in [-0.05, 0) is 25.0 Å². The number of hydrogen-bond donors (Lipinski definition) is 2. The predicted octanol–water partition coefficient (Wildman–Crippen LogP) is 2.87. The molecule has 1 aliphatic heterocycles. The average Bonchev–Trinajstić information content (AvgIpc) is 3.46. The van der Waals surface area contributed by atoms with Crippen molar-refractivity contribution in [3.05, 3.63) is 41.5 Å². The molecule has 1 amide bonds. The molecule has 1 saturated carbocycles. The summed E-state index contributed by atoms with van der Waals surface area (Å²) in [6, 6.07) is 4.19. The van der Waals surface area contributed by atoms with Crippen molar-refractivity contribution in [3.63, 3.8) is 0 Å². The van der Waals surface area contributed by atoms with Crippen molar-refractivity contribution < 1.29 is 9.53 Å². The number of methoxy groups -OCH3 is 1. The van der Waals surface area contributed by atoms with Crippen LogP contribution in [0.2, 0.25) is 0 Å². The first kappa shape index (κ1) is 17.0. The van der Waals surface area contributed by atoms with Crippen LogP contribution in [0.4, 0.5) is 5.82 Å². The van der Waals surface area contributed by atoms with Crippen LogP contribution in [0.3, 0.4) is 0 Å². The highest BCUT2D eigenvalue weighted by Gasteiger charge is 2.35. The highest BCUT2D eigenvalue weighted by molar-refractivity contribution is 5.98. The number of H-pyrrole nitrogens is 1. The molecule has 28 heavy (non-hydrogen) atoms. The first-order chi connectivity index (χ1) is 13.7. The van der Waals surface area contributed by atoms with E-state index in [1.807, 2.05) is 23.2 Å². The molecule has 0 saturated heterocycles. The number of ether oxygens (including phenoxy) is 1. The molecule has 8 nitrogen and oxygen atoms in total. The summed E-state index contributed by atoms with van der Waals surface area (Å²) >= 11 is 0. The fourth-order valence-corrected chi connectivity index (χ4v) is 4.27. The van der Waals surface area contributed by atoms with E-state index in [0.717, 1.165) is 41.0 Å². The molecule has 144 valence electrons. The molecule has 1 aliphatic carbocycles. The van der Waals surface area contributed by atoms with Crippen LogP contribution in [-0.4, -0.2) is 43.9 Å². The number of nitrogens with zero attached hydrogens (tertiary/aromatic N) is 4. The molecule has 3 aromatic rings. The molecule has 0 bridgehead atoms. The van der Waals surface area contributed by atoms with E-state index in [4.69, 9.17) is 4.74 Å². The Morgan fingerprint density at radius 3 is 3.00 bits per heavy atom. The van der Waals surface area contributed by atoms with Gasteiger partial charge >= 0.3 is 0 Å². The van der Waals surface area contributed by atoms with Crippen molar-refractivity contribution in [2.24, 2.45) is 0 Å². The van der Waals surface area contributed by atoms with Crippen molar-refractivity contribution in [2.45, 2.75) is 44.8 Å². The Morgan fingerprint density at radius 1 is 1.32 bits per heavy atom. The van der Waals surface area contributed by atoms with E-state index in [9.17, 15) is 4.79 Å². The summed E-state index contributed by atoms with van der Waals surface area (Å²) in [6.45, 7) is 1.04. The zero-order valence-electron chi connectivity index (χ0n) is 15.7. The number of aromatic amines is 1. The lowest BCUT2D eigenvalue weighted by Crippen LogP contribution is -2.33. The molecule has 4 heterocycles. The van der Waals surface area contributed by atoms with Crippen molar-refractivity contribution >= 4 is 22.8 Å². The molecule has 0 atom stereocenters. The van der Waals surface area contributed by atoms with Crippen LogP contribution >= 0.6 is 0 Å². The SMILES string of the molecule is COc1nc2c(cc1CNc1ncnc3[nH]ccc13)C(=O)N(C1CCCC1)C2. The zero-order chi connectivity index (χ0) is 19.1. The monoisotopic (exact) mass is 378 g/mol. The molecular formula is C20H22N6O2. The average molecular weight is 378 g/mol. The van der Waals surface area contributed by atoms with Crippen LogP contribution < -0.4 is 10.1 Å². The zero-order valence-corrected chi connectivity index (χ0v) is 15.7. The van der Waals surface area contributed by atoms with Gasteiger partial charge in [0.2, 0.25) is 5.88 Å². The molecule has 5 rings (SSSR count). The van der Waals surface area contributed by atoms with Gasteiger partial charge in [-0.1, -0.05) is 12.8 Å². The summed E-state index contributed by atoms with van der Waals surface area (Å²) in [5, 5.41) is 4.24. The molecule has 8 heteroatoms. The Labute approximate surface area is 162 Å². The lowest BCUT2D eigenvalue weighted by atomic mass is 10.1. The summed E-state index contributed by atoms with van der Waals surface area (Å²) in [4.78, 5) is 31.2. The Kier molecular flexibility index (Phi) is 4.11. The number of rotatable bonds is 5. The molecule has 0 spiro atoms. The molecular weight excluding hydrogens is 356 g/mol. The van der Waals surface area contributed by atoms with Gasteiger partial charge in [0.1, 0.15) is 17.8 Å². The van der Waals surface area contributed by atoms with E-state index < -0.39 is 0 Å². The van der Waals surface area contributed by atoms with Gasteiger partial charge in [0.25, 0.3) is 5.91 Å². The maximum atomic E-state index is 12.9. The van der Waals surface area contributed by atoms with E-state index in [0.29, 0.717) is 30.6 Å². The second kappa shape index (κ2) is 6.78. The molecule has 1 fully saturated rings. The topological polar surface area (TPSA) is 96.0 Å². The van der Waals surface area contributed by atoms with Crippen LogP contribution in [0.5, 0.6) is 5.88 Å². The van der Waals surface area contributed by atoms with E-state index in [-0.39, 0.29) is 5.91 Å². The number of nitrogens with one attached hydrogen (secondary N) is 2. The van der Waals surface area contributed by atoms with Crippen LogP contribution in [0.15, 0.2) is 24.7 Å². The summed E-state index contributed by atoms with van der Waals surface area (Å²) in [5.74, 6) is 1.37. The number of hydrogen-bond acceptors (Lipinski definition) is 6. The van der Waals surface area contributed by atoms with Crippen molar-refractivity contribution in [3.8, 4) is 5.88 Å². The maximum absolute atomic E-state index is 12.9. The lowest BCUT2D eigenvalue weighted by molar-refractivity contribution is 0.0706. The van der Waals surface area contributed by atoms with Crippen molar-refractivity contribution in [1.29, 1.82) is 0 Å². The second-order valence-electron chi connectivity index (χ2n) is 7.34. The van der Waals surface area contributed by atoms with E-state index in [1.54, 1.807) is 7.11 Å². The second-order valence-corrected chi connectivity index (χ2v) is 7.34. The smallest absolute Gasteiger partial charge is 0.256 e. The Balaban J connectivity index is 1.41. The third-order valence-electron chi connectivity index (χ3n) is 5.71. The first-order valence-corrected chi connectivity index (χ1v) is 9.64. The van der Waals surface area contributed by atoms with E-state index in [1.165, 1.54) is 19.2 Å². The normalized spacial score (nSPS) is 16.8. The van der Waals surface area contributed by atoms with Crippen LogP contribution in [-0.2, 0) is 13.1 Å². The quantitative estimate of drug-likeness (QED) is 0.709. The molecule has 0 unspecified atom stereocenters. The van der Waals surface area contributed by atoms with Gasteiger partial charge in [0, 0.05) is 24.3 Å². The molecule has 0 radical (unpaired) electrons. The van der Waals surface area contributed by atoms with Gasteiger partial charge < -0.3 is 19.9 Å². The van der Waals surface area contributed by atoms with Gasteiger partial charge in [-0.15, -0.1) is 0 Å². The summed E-state index contributed by atoms with van der Waals surface area (Å²) in [5.41, 5.74) is 3.12. The number of carbonyl (C=O) groups excluding carboxylic acids is 1.